The summed E-state index contributed by atoms with van der Waals surface area (Å²) >= 11 is 0. The molecule has 0 fully saturated rings. The lowest BCUT2D eigenvalue weighted by atomic mass is 9.99. The van der Waals surface area contributed by atoms with E-state index < -0.39 is 9.84 Å². The second kappa shape index (κ2) is 6.53. The summed E-state index contributed by atoms with van der Waals surface area (Å²) in [6.45, 7) is 0.770. The molecular weight excluding hydrogens is 258 g/mol. The number of fused-ring (bicyclic) bond motifs is 1. The molecule has 2 rings (SSSR count). The summed E-state index contributed by atoms with van der Waals surface area (Å²) in [4.78, 5) is 0. The smallest absolute Gasteiger partial charge is 0.147 e. The molecule has 3 nitrogen and oxygen atoms in total. The Bertz CT molecular complexity index is 511. The molecule has 0 aliphatic heterocycles. The topological polar surface area (TPSA) is 46.2 Å². The van der Waals surface area contributed by atoms with E-state index in [1.165, 1.54) is 30.2 Å². The minimum atomic E-state index is -2.83. The van der Waals surface area contributed by atoms with Crippen molar-refractivity contribution in [3.05, 3.63) is 35.4 Å². The van der Waals surface area contributed by atoms with Gasteiger partial charge in [0, 0.05) is 12.3 Å². The van der Waals surface area contributed by atoms with Gasteiger partial charge in [-0.3, -0.25) is 0 Å². The lowest BCUT2D eigenvalue weighted by molar-refractivity contribution is 0.489. The molecule has 1 aliphatic rings. The highest BCUT2D eigenvalue weighted by Gasteiger charge is 2.17. The molecule has 0 heterocycles. The molecule has 0 radical (unpaired) electrons. The molecule has 1 unspecified atom stereocenters. The number of sulfone groups is 1. The molecule has 0 spiro atoms. The summed E-state index contributed by atoms with van der Waals surface area (Å²) in [5, 5.41) is 3.53. The maximum Gasteiger partial charge on any atom is 0.147 e. The third-order valence-electron chi connectivity index (χ3n) is 3.70. The average molecular weight is 281 g/mol. The van der Waals surface area contributed by atoms with E-state index in [9.17, 15) is 8.42 Å². The van der Waals surface area contributed by atoms with Crippen molar-refractivity contribution in [2.75, 3.05) is 18.6 Å². The summed E-state index contributed by atoms with van der Waals surface area (Å²) in [5.74, 6) is 0.272. The van der Waals surface area contributed by atoms with Crippen molar-refractivity contribution in [3.8, 4) is 0 Å². The van der Waals surface area contributed by atoms with Gasteiger partial charge in [0.15, 0.2) is 0 Å². The molecular formula is C15H23NO2S. The Morgan fingerprint density at radius 1 is 1.26 bits per heavy atom. The van der Waals surface area contributed by atoms with E-state index in [1.807, 2.05) is 0 Å². The van der Waals surface area contributed by atoms with Crippen molar-refractivity contribution in [2.45, 2.75) is 38.1 Å². The number of hydrogen-bond acceptors (Lipinski definition) is 3. The van der Waals surface area contributed by atoms with Gasteiger partial charge in [-0.1, -0.05) is 30.7 Å². The Kier molecular flexibility index (Phi) is 4.99. The first kappa shape index (κ1) is 14.5. The molecule has 19 heavy (non-hydrogen) atoms. The van der Waals surface area contributed by atoms with E-state index in [0.717, 1.165) is 19.4 Å². The van der Waals surface area contributed by atoms with Crippen LogP contribution in [0.4, 0.5) is 0 Å². The van der Waals surface area contributed by atoms with Crippen molar-refractivity contribution < 1.29 is 8.42 Å². The van der Waals surface area contributed by atoms with Gasteiger partial charge >= 0.3 is 0 Å². The fourth-order valence-corrected chi connectivity index (χ4v) is 3.41. The van der Waals surface area contributed by atoms with Gasteiger partial charge in [0.25, 0.3) is 0 Å². The molecule has 1 aliphatic carbocycles. The predicted octanol–water partition coefficient (Wildman–Crippen LogP) is 2.48. The zero-order valence-electron chi connectivity index (χ0n) is 11.6. The standard InChI is InChI=1S/C15H23NO2S/c1-19(17,18)12-6-11-16-15-10-5-3-8-13-7-2-4-9-14(13)15/h2,4,7,9,15-16H,3,5-6,8,10-12H2,1H3. The van der Waals surface area contributed by atoms with Crippen LogP contribution in [0.15, 0.2) is 24.3 Å². The Labute approximate surface area is 116 Å². The highest BCUT2D eigenvalue weighted by atomic mass is 32.2. The highest BCUT2D eigenvalue weighted by Crippen LogP contribution is 2.28. The lowest BCUT2D eigenvalue weighted by Gasteiger charge is -2.19. The molecule has 1 N–H and O–H groups in total. The average Bonchev–Trinajstić information content (AvgIpc) is 2.56. The van der Waals surface area contributed by atoms with Crippen LogP contribution in [0.5, 0.6) is 0 Å². The third-order valence-corrected chi connectivity index (χ3v) is 4.73. The first-order chi connectivity index (χ1) is 9.06. The molecule has 0 bridgehead atoms. The van der Waals surface area contributed by atoms with Gasteiger partial charge in [0.1, 0.15) is 9.84 Å². The molecule has 4 heteroatoms. The fourth-order valence-electron chi connectivity index (χ4n) is 2.74. The number of nitrogens with one attached hydrogen (secondary N) is 1. The third kappa shape index (κ3) is 4.62. The van der Waals surface area contributed by atoms with Crippen LogP contribution >= 0.6 is 0 Å². The van der Waals surface area contributed by atoms with Gasteiger partial charge in [-0.25, -0.2) is 8.42 Å². The van der Waals surface area contributed by atoms with Crippen LogP contribution in [0.3, 0.4) is 0 Å². The number of hydrogen-bond donors (Lipinski definition) is 1. The first-order valence-corrected chi connectivity index (χ1v) is 9.11. The van der Waals surface area contributed by atoms with Gasteiger partial charge in [0.05, 0.1) is 5.75 Å². The summed E-state index contributed by atoms with van der Waals surface area (Å²) < 4.78 is 22.2. The Balaban J connectivity index is 1.93. The van der Waals surface area contributed by atoms with Gasteiger partial charge in [-0.2, -0.15) is 0 Å². The second-order valence-electron chi connectivity index (χ2n) is 5.43. The molecule has 0 saturated carbocycles. The Hall–Kier alpha value is -0.870. The summed E-state index contributed by atoms with van der Waals surface area (Å²) in [7, 11) is -2.83. The van der Waals surface area contributed by atoms with Crippen LogP contribution in [-0.2, 0) is 16.3 Å². The predicted molar refractivity (Wildman–Crippen MR) is 79.1 cm³/mol. The van der Waals surface area contributed by atoms with E-state index in [4.69, 9.17) is 0 Å². The fraction of sp³-hybridized carbons (Fsp3) is 0.600. The minimum absolute atomic E-state index is 0.272. The maximum atomic E-state index is 11.1. The van der Waals surface area contributed by atoms with E-state index in [1.54, 1.807) is 0 Å². The van der Waals surface area contributed by atoms with Gasteiger partial charge in [-0.05, 0) is 43.4 Å². The van der Waals surface area contributed by atoms with Crippen LogP contribution in [0.25, 0.3) is 0 Å². The van der Waals surface area contributed by atoms with Crippen LogP contribution in [0.2, 0.25) is 0 Å². The molecule has 1 aromatic rings. The molecule has 1 aromatic carbocycles. The zero-order valence-corrected chi connectivity index (χ0v) is 12.4. The summed E-state index contributed by atoms with van der Waals surface area (Å²) in [5.41, 5.74) is 2.85. The minimum Gasteiger partial charge on any atom is -0.310 e. The SMILES string of the molecule is CS(=O)(=O)CCCNC1CCCCc2ccccc21. The van der Waals surface area contributed by atoms with Gasteiger partial charge < -0.3 is 5.32 Å². The van der Waals surface area contributed by atoms with Crippen LogP contribution in [0, 0.1) is 0 Å². The summed E-state index contributed by atoms with van der Waals surface area (Å²) in [6.07, 6.45) is 6.79. The largest absolute Gasteiger partial charge is 0.310 e. The normalized spacial score (nSPS) is 19.7. The molecule has 0 aromatic heterocycles. The van der Waals surface area contributed by atoms with E-state index in [0.29, 0.717) is 12.5 Å². The van der Waals surface area contributed by atoms with Gasteiger partial charge in [0.2, 0.25) is 0 Å². The number of rotatable bonds is 5. The highest BCUT2D eigenvalue weighted by molar-refractivity contribution is 7.90. The zero-order chi connectivity index (χ0) is 13.7. The van der Waals surface area contributed by atoms with Crippen molar-refractivity contribution >= 4 is 9.84 Å². The molecule has 0 saturated heterocycles. The van der Waals surface area contributed by atoms with Crippen molar-refractivity contribution in [2.24, 2.45) is 0 Å². The second-order valence-corrected chi connectivity index (χ2v) is 7.69. The maximum absolute atomic E-state index is 11.1. The quantitative estimate of drug-likeness (QED) is 0.666. The van der Waals surface area contributed by atoms with E-state index in [2.05, 4.69) is 29.6 Å². The van der Waals surface area contributed by atoms with Crippen molar-refractivity contribution in [3.63, 3.8) is 0 Å². The lowest BCUT2D eigenvalue weighted by Crippen LogP contribution is -2.24. The van der Waals surface area contributed by atoms with E-state index >= 15 is 0 Å². The first-order valence-electron chi connectivity index (χ1n) is 7.05. The molecule has 0 amide bonds. The molecule has 106 valence electrons. The van der Waals surface area contributed by atoms with Crippen LogP contribution in [-0.4, -0.2) is 27.0 Å². The summed E-state index contributed by atoms with van der Waals surface area (Å²) in [6, 6.07) is 9.00. The number of aryl methyl sites for hydroxylation is 1. The monoisotopic (exact) mass is 281 g/mol. The van der Waals surface area contributed by atoms with Gasteiger partial charge in [-0.15, -0.1) is 0 Å². The Morgan fingerprint density at radius 3 is 2.84 bits per heavy atom. The van der Waals surface area contributed by atoms with Crippen LogP contribution in [0.1, 0.15) is 42.9 Å². The van der Waals surface area contributed by atoms with Crippen LogP contribution < -0.4 is 5.32 Å². The van der Waals surface area contributed by atoms with Crippen molar-refractivity contribution in [1.29, 1.82) is 0 Å². The van der Waals surface area contributed by atoms with Crippen molar-refractivity contribution in [1.82, 2.24) is 5.32 Å². The van der Waals surface area contributed by atoms with E-state index in [-0.39, 0.29) is 5.75 Å². The molecule has 1 atom stereocenters. The number of benzene rings is 1. The Morgan fingerprint density at radius 2 is 2.05 bits per heavy atom.